The molecule has 28 heavy (non-hydrogen) atoms. The lowest BCUT2D eigenvalue weighted by Crippen LogP contribution is -2.11. The minimum atomic E-state index is -0.304. The van der Waals surface area contributed by atoms with Gasteiger partial charge < -0.3 is 14.5 Å². The van der Waals surface area contributed by atoms with Crippen LogP contribution in [-0.2, 0) is 0 Å². The Bertz CT molecular complexity index is 1150. The third-order valence-corrected chi connectivity index (χ3v) is 4.20. The Labute approximate surface area is 167 Å². The Balaban J connectivity index is 2.11. The molecule has 0 fully saturated rings. The number of allylic oxidation sites excluding steroid dienone is 1. The number of para-hydroxylation sites is 1. The molecule has 0 saturated carbocycles. The van der Waals surface area contributed by atoms with E-state index in [1.165, 1.54) is 0 Å². The van der Waals surface area contributed by atoms with E-state index in [9.17, 15) is 10.1 Å². The summed E-state index contributed by atoms with van der Waals surface area (Å²) in [4.78, 5) is 19.4. The van der Waals surface area contributed by atoms with E-state index in [1.54, 1.807) is 42.5 Å². The van der Waals surface area contributed by atoms with Gasteiger partial charge in [-0.3, -0.25) is 4.79 Å². The maximum Gasteiger partial charge on any atom is 0.259 e. The fourth-order valence-electron chi connectivity index (χ4n) is 2.75. The molecule has 0 spiro atoms. The summed E-state index contributed by atoms with van der Waals surface area (Å²) in [6.45, 7) is 4.60. The van der Waals surface area contributed by atoms with Gasteiger partial charge in [0.05, 0.1) is 34.7 Å². The molecule has 0 radical (unpaired) electrons. The van der Waals surface area contributed by atoms with E-state index in [0.29, 0.717) is 46.2 Å². The number of hydrogen-bond acceptors (Lipinski definition) is 5. The van der Waals surface area contributed by atoms with Gasteiger partial charge >= 0.3 is 0 Å². The van der Waals surface area contributed by atoms with Crippen molar-refractivity contribution >= 4 is 34.2 Å². The second kappa shape index (κ2) is 8.59. The lowest BCUT2D eigenvalue weighted by Gasteiger charge is -2.13. The average Bonchev–Trinajstić information content (AvgIpc) is 2.69. The van der Waals surface area contributed by atoms with Gasteiger partial charge in [0.1, 0.15) is 6.07 Å². The monoisotopic (exact) mass is 395 g/mol. The van der Waals surface area contributed by atoms with Gasteiger partial charge in [-0.15, -0.1) is 0 Å². The van der Waals surface area contributed by atoms with Gasteiger partial charge in [0, 0.05) is 0 Å². The third kappa shape index (κ3) is 4.00. The number of H-pyrrole nitrogens is 1. The number of hydrogen-bond donors (Lipinski definition) is 1. The fourth-order valence-corrected chi connectivity index (χ4v) is 3.03. The van der Waals surface area contributed by atoms with Crippen LogP contribution in [0.3, 0.4) is 0 Å². The first-order valence-electron chi connectivity index (χ1n) is 8.77. The van der Waals surface area contributed by atoms with Crippen molar-refractivity contribution in [3.05, 3.63) is 63.2 Å². The van der Waals surface area contributed by atoms with Crippen LogP contribution in [0.2, 0.25) is 5.02 Å². The number of nitrogens with zero attached hydrogens (tertiary/aromatic N) is 2. The number of halogens is 1. The maximum absolute atomic E-state index is 12.3. The zero-order chi connectivity index (χ0) is 20.1. The van der Waals surface area contributed by atoms with E-state index in [1.807, 2.05) is 13.8 Å². The SMILES string of the molecule is CCOc1cc(/C=C(/C#N)c2nc3ccccc3c(=O)[nH]2)cc(Cl)c1OCC. The Kier molecular flexibility index (Phi) is 5.97. The molecule has 1 N–H and O–H groups in total. The average molecular weight is 396 g/mol. The van der Waals surface area contributed by atoms with E-state index in [-0.39, 0.29) is 17.0 Å². The highest BCUT2D eigenvalue weighted by atomic mass is 35.5. The fraction of sp³-hybridized carbons (Fsp3) is 0.190. The summed E-state index contributed by atoms with van der Waals surface area (Å²) < 4.78 is 11.2. The summed E-state index contributed by atoms with van der Waals surface area (Å²) in [5.41, 5.74) is 1.04. The molecule has 6 nitrogen and oxygen atoms in total. The minimum absolute atomic E-state index is 0.189. The van der Waals surface area contributed by atoms with Crippen LogP contribution in [-0.4, -0.2) is 23.2 Å². The number of nitrogens with one attached hydrogen (secondary N) is 1. The molecule has 3 rings (SSSR count). The molecule has 0 aliphatic carbocycles. The number of aromatic amines is 1. The number of ether oxygens (including phenoxy) is 2. The molecule has 1 aromatic heterocycles. The predicted octanol–water partition coefficient (Wildman–Crippen LogP) is 4.44. The Morgan fingerprint density at radius 2 is 2.00 bits per heavy atom. The highest BCUT2D eigenvalue weighted by Gasteiger charge is 2.13. The molecule has 1 heterocycles. The molecular weight excluding hydrogens is 378 g/mol. The molecule has 0 saturated heterocycles. The largest absolute Gasteiger partial charge is 0.490 e. The van der Waals surface area contributed by atoms with E-state index in [4.69, 9.17) is 21.1 Å². The summed E-state index contributed by atoms with van der Waals surface area (Å²) in [5.74, 6) is 1.13. The van der Waals surface area contributed by atoms with Gasteiger partial charge in [0.2, 0.25) is 0 Å². The van der Waals surface area contributed by atoms with Gasteiger partial charge in [-0.05, 0) is 49.8 Å². The third-order valence-electron chi connectivity index (χ3n) is 3.92. The summed E-state index contributed by atoms with van der Waals surface area (Å²) in [7, 11) is 0. The highest BCUT2D eigenvalue weighted by Crippen LogP contribution is 2.37. The first kappa shape index (κ1) is 19.5. The van der Waals surface area contributed by atoms with E-state index < -0.39 is 0 Å². The van der Waals surface area contributed by atoms with Gasteiger partial charge in [-0.1, -0.05) is 23.7 Å². The lowest BCUT2D eigenvalue weighted by atomic mass is 10.1. The number of benzene rings is 2. The first-order valence-corrected chi connectivity index (χ1v) is 9.15. The standard InChI is InChI=1S/C21H18ClN3O3/c1-3-27-18-11-13(10-16(22)19(18)28-4-2)9-14(12-23)20-24-17-8-6-5-7-15(17)21(26)25-20/h5-11H,3-4H2,1-2H3,(H,24,25,26)/b14-9-. The second-order valence-corrected chi connectivity index (χ2v) is 6.20. The van der Waals surface area contributed by atoms with E-state index >= 15 is 0 Å². The molecule has 0 atom stereocenters. The quantitative estimate of drug-likeness (QED) is 0.623. The molecule has 2 aromatic carbocycles. The minimum Gasteiger partial charge on any atom is -0.490 e. The van der Waals surface area contributed by atoms with Crippen LogP contribution in [0.15, 0.2) is 41.2 Å². The van der Waals surface area contributed by atoms with Crippen LogP contribution < -0.4 is 15.0 Å². The molecule has 0 aliphatic heterocycles. The Hall–Kier alpha value is -3.30. The number of fused-ring (bicyclic) bond motifs is 1. The number of nitriles is 1. The van der Waals surface area contributed by atoms with Gasteiger partial charge in [0.25, 0.3) is 5.56 Å². The normalized spacial score (nSPS) is 11.3. The molecule has 7 heteroatoms. The predicted molar refractivity (Wildman–Crippen MR) is 110 cm³/mol. The number of aromatic nitrogens is 2. The zero-order valence-electron chi connectivity index (χ0n) is 15.5. The maximum atomic E-state index is 12.3. The summed E-state index contributed by atoms with van der Waals surface area (Å²) >= 11 is 6.33. The van der Waals surface area contributed by atoms with Crippen molar-refractivity contribution in [2.75, 3.05) is 13.2 Å². The van der Waals surface area contributed by atoms with Crippen molar-refractivity contribution < 1.29 is 9.47 Å². The lowest BCUT2D eigenvalue weighted by molar-refractivity contribution is 0.288. The molecule has 0 aliphatic rings. The van der Waals surface area contributed by atoms with Crippen LogP contribution in [0, 0.1) is 11.3 Å². The second-order valence-electron chi connectivity index (χ2n) is 5.80. The van der Waals surface area contributed by atoms with Crippen molar-refractivity contribution in [3.8, 4) is 17.6 Å². The number of rotatable bonds is 6. The topological polar surface area (TPSA) is 88.0 Å². The molecule has 0 bridgehead atoms. The van der Waals surface area contributed by atoms with Gasteiger partial charge in [-0.2, -0.15) is 5.26 Å². The zero-order valence-corrected chi connectivity index (χ0v) is 16.2. The summed E-state index contributed by atoms with van der Waals surface area (Å²) in [5, 5.41) is 10.5. The first-order chi connectivity index (χ1) is 13.6. The van der Waals surface area contributed by atoms with Crippen molar-refractivity contribution in [3.63, 3.8) is 0 Å². The van der Waals surface area contributed by atoms with Crippen molar-refractivity contribution in [1.82, 2.24) is 9.97 Å². The smallest absolute Gasteiger partial charge is 0.259 e. The van der Waals surface area contributed by atoms with Crippen LogP contribution >= 0.6 is 11.6 Å². The Morgan fingerprint density at radius 1 is 1.25 bits per heavy atom. The molecule has 0 unspecified atom stereocenters. The van der Waals surface area contributed by atoms with E-state index in [2.05, 4.69) is 16.0 Å². The highest BCUT2D eigenvalue weighted by molar-refractivity contribution is 6.32. The summed E-state index contributed by atoms with van der Waals surface area (Å²) in [6, 6.07) is 12.4. The van der Waals surface area contributed by atoms with Gasteiger partial charge in [-0.25, -0.2) is 4.98 Å². The summed E-state index contributed by atoms with van der Waals surface area (Å²) in [6.07, 6.45) is 1.59. The van der Waals surface area contributed by atoms with Crippen LogP contribution in [0.5, 0.6) is 11.5 Å². The van der Waals surface area contributed by atoms with Crippen molar-refractivity contribution in [2.45, 2.75) is 13.8 Å². The molecule has 3 aromatic rings. The molecular formula is C21H18ClN3O3. The van der Waals surface area contributed by atoms with Crippen LogP contribution in [0.25, 0.3) is 22.6 Å². The Morgan fingerprint density at radius 3 is 2.71 bits per heavy atom. The van der Waals surface area contributed by atoms with Crippen LogP contribution in [0.4, 0.5) is 0 Å². The molecule has 0 amide bonds. The van der Waals surface area contributed by atoms with E-state index in [0.717, 1.165) is 0 Å². The van der Waals surface area contributed by atoms with Crippen molar-refractivity contribution in [2.24, 2.45) is 0 Å². The molecule has 142 valence electrons. The van der Waals surface area contributed by atoms with Gasteiger partial charge in [0.15, 0.2) is 17.3 Å². The van der Waals surface area contributed by atoms with Crippen molar-refractivity contribution in [1.29, 1.82) is 5.26 Å². The van der Waals surface area contributed by atoms with Crippen LogP contribution in [0.1, 0.15) is 25.2 Å².